The van der Waals surface area contributed by atoms with E-state index in [4.69, 9.17) is 10.8 Å². The van der Waals surface area contributed by atoms with E-state index in [2.05, 4.69) is 0 Å². The second kappa shape index (κ2) is 4.23. The number of hydrogen-bond donors (Lipinski definition) is 3. The lowest BCUT2D eigenvalue weighted by molar-refractivity contribution is -0.141. The monoisotopic (exact) mass is 221 g/mol. The molecule has 0 aliphatic heterocycles. The molecule has 0 radical (unpaired) electrons. The maximum Gasteiger partial charge on any atom is 0.323 e. The van der Waals surface area contributed by atoms with Crippen LogP contribution in [0, 0.1) is 0 Å². The molecule has 1 fully saturated rings. The number of aliphatic hydroxyl groups excluding tert-OH is 1. The molecule has 0 bridgehead atoms. The average Bonchev–Trinajstić information content (AvgIpc) is 3.11. The summed E-state index contributed by atoms with van der Waals surface area (Å²) in [5.41, 5.74) is 7.13. The highest BCUT2D eigenvalue weighted by atomic mass is 16.4. The minimum atomic E-state index is -1.27. The molecule has 1 saturated carbocycles. The maximum atomic E-state index is 10.7. The Morgan fingerprint density at radius 1 is 1.44 bits per heavy atom. The summed E-state index contributed by atoms with van der Waals surface area (Å²) in [6.07, 6.45) is 1.20. The van der Waals surface area contributed by atoms with Crippen LogP contribution in [0.4, 0.5) is 0 Å². The van der Waals surface area contributed by atoms with E-state index in [0.717, 1.165) is 5.56 Å². The van der Waals surface area contributed by atoms with Crippen molar-refractivity contribution in [2.45, 2.75) is 30.9 Å². The second-order valence-electron chi connectivity index (χ2n) is 4.25. The minimum absolute atomic E-state index is 0.577. The Hall–Kier alpha value is -1.39. The Bertz CT molecular complexity index is 401. The first-order chi connectivity index (χ1) is 7.59. The zero-order chi connectivity index (χ0) is 11.7. The summed E-state index contributed by atoms with van der Waals surface area (Å²) in [6, 6.07) is 6.13. The molecule has 16 heavy (non-hydrogen) atoms. The Morgan fingerprint density at radius 3 is 2.69 bits per heavy atom. The van der Waals surface area contributed by atoms with Gasteiger partial charge in [0.05, 0.1) is 0 Å². The van der Waals surface area contributed by atoms with Gasteiger partial charge in [0.1, 0.15) is 12.1 Å². The Balaban J connectivity index is 2.18. The number of carboxylic acid groups (broad SMARTS) is 1. The van der Waals surface area contributed by atoms with E-state index in [1.807, 2.05) is 18.2 Å². The summed E-state index contributed by atoms with van der Waals surface area (Å²) in [4.78, 5) is 10.7. The highest BCUT2D eigenvalue weighted by molar-refractivity contribution is 5.74. The number of carboxylic acids is 1. The zero-order valence-corrected chi connectivity index (χ0v) is 8.84. The molecule has 2 rings (SSSR count). The number of hydrogen-bond acceptors (Lipinski definition) is 3. The fraction of sp³-hybridized carbons (Fsp3) is 0.417. The lowest BCUT2D eigenvalue weighted by Gasteiger charge is -2.15. The van der Waals surface area contributed by atoms with E-state index >= 15 is 0 Å². The third kappa shape index (κ3) is 2.23. The summed E-state index contributed by atoms with van der Waals surface area (Å²) >= 11 is 0. The van der Waals surface area contributed by atoms with Crippen LogP contribution in [-0.2, 0) is 4.79 Å². The largest absolute Gasteiger partial charge is 0.480 e. The first kappa shape index (κ1) is 11.1. The van der Waals surface area contributed by atoms with Gasteiger partial charge in [-0.3, -0.25) is 4.79 Å². The van der Waals surface area contributed by atoms with Crippen LogP contribution in [0.25, 0.3) is 0 Å². The van der Waals surface area contributed by atoms with E-state index in [-0.39, 0.29) is 0 Å². The van der Waals surface area contributed by atoms with Crippen molar-refractivity contribution in [1.82, 2.24) is 0 Å². The van der Waals surface area contributed by atoms with Crippen LogP contribution in [0.2, 0.25) is 0 Å². The van der Waals surface area contributed by atoms with Crippen molar-refractivity contribution in [1.29, 1.82) is 0 Å². The van der Waals surface area contributed by atoms with Gasteiger partial charge in [0.2, 0.25) is 0 Å². The molecule has 0 heterocycles. The van der Waals surface area contributed by atoms with Crippen molar-refractivity contribution in [3.63, 3.8) is 0 Å². The van der Waals surface area contributed by atoms with Gasteiger partial charge in [-0.05, 0) is 29.9 Å². The standard InChI is InChI=1S/C12H15NO3/c13-10(12(15)16)11(14)9-3-1-2-8(6-9)7-4-5-7/h1-3,6-7,10-11,14H,4-5,13H2,(H,15,16). The van der Waals surface area contributed by atoms with E-state index in [0.29, 0.717) is 11.5 Å². The Labute approximate surface area is 93.7 Å². The van der Waals surface area contributed by atoms with Gasteiger partial charge in [0.15, 0.2) is 0 Å². The summed E-state index contributed by atoms with van der Waals surface area (Å²) in [7, 11) is 0. The molecule has 1 aromatic rings. The normalized spacial score (nSPS) is 19.1. The number of benzene rings is 1. The van der Waals surface area contributed by atoms with Crippen LogP contribution >= 0.6 is 0 Å². The molecule has 0 spiro atoms. The number of nitrogens with two attached hydrogens (primary N) is 1. The SMILES string of the molecule is NC(C(=O)O)C(O)c1cccc(C2CC2)c1. The van der Waals surface area contributed by atoms with E-state index < -0.39 is 18.1 Å². The quantitative estimate of drug-likeness (QED) is 0.708. The van der Waals surface area contributed by atoms with Crippen LogP contribution < -0.4 is 5.73 Å². The Morgan fingerprint density at radius 2 is 2.12 bits per heavy atom. The molecule has 4 nitrogen and oxygen atoms in total. The third-order valence-corrected chi connectivity index (χ3v) is 2.93. The van der Waals surface area contributed by atoms with Gasteiger partial charge in [-0.15, -0.1) is 0 Å². The fourth-order valence-corrected chi connectivity index (χ4v) is 1.76. The van der Waals surface area contributed by atoms with Gasteiger partial charge in [0, 0.05) is 0 Å². The predicted molar refractivity (Wildman–Crippen MR) is 59.0 cm³/mol. The molecule has 0 aromatic heterocycles. The van der Waals surface area contributed by atoms with Crippen molar-refractivity contribution in [2.75, 3.05) is 0 Å². The first-order valence-corrected chi connectivity index (χ1v) is 5.36. The molecule has 2 unspecified atom stereocenters. The molecule has 1 aliphatic carbocycles. The molecular formula is C12H15NO3. The topological polar surface area (TPSA) is 83.6 Å². The molecule has 4 heteroatoms. The summed E-state index contributed by atoms with van der Waals surface area (Å²) in [6.45, 7) is 0. The van der Waals surface area contributed by atoms with Crippen LogP contribution in [0.15, 0.2) is 24.3 Å². The summed E-state index contributed by atoms with van der Waals surface area (Å²) in [5.74, 6) is -0.613. The number of aliphatic hydroxyl groups is 1. The van der Waals surface area contributed by atoms with Crippen LogP contribution in [0.1, 0.15) is 36.0 Å². The highest BCUT2D eigenvalue weighted by Crippen LogP contribution is 2.40. The van der Waals surface area contributed by atoms with Gasteiger partial charge in [-0.2, -0.15) is 0 Å². The second-order valence-corrected chi connectivity index (χ2v) is 4.25. The molecular weight excluding hydrogens is 206 g/mol. The molecule has 1 aromatic carbocycles. The van der Waals surface area contributed by atoms with Gasteiger partial charge < -0.3 is 15.9 Å². The molecule has 0 saturated heterocycles. The van der Waals surface area contributed by atoms with Crippen LogP contribution in [-0.4, -0.2) is 22.2 Å². The van der Waals surface area contributed by atoms with Crippen LogP contribution in [0.5, 0.6) is 0 Å². The van der Waals surface area contributed by atoms with Crippen LogP contribution in [0.3, 0.4) is 0 Å². The average molecular weight is 221 g/mol. The molecule has 0 amide bonds. The Kier molecular flexibility index (Phi) is 2.94. The van der Waals surface area contributed by atoms with Crippen molar-refractivity contribution in [2.24, 2.45) is 5.73 Å². The molecule has 4 N–H and O–H groups in total. The maximum absolute atomic E-state index is 10.7. The van der Waals surface area contributed by atoms with Gasteiger partial charge >= 0.3 is 5.97 Å². The first-order valence-electron chi connectivity index (χ1n) is 5.36. The summed E-state index contributed by atoms with van der Waals surface area (Å²) < 4.78 is 0. The van der Waals surface area contributed by atoms with E-state index in [1.54, 1.807) is 6.07 Å². The van der Waals surface area contributed by atoms with E-state index in [9.17, 15) is 9.90 Å². The fourth-order valence-electron chi connectivity index (χ4n) is 1.76. The lowest BCUT2D eigenvalue weighted by atomic mass is 9.99. The van der Waals surface area contributed by atoms with Crippen molar-refractivity contribution in [3.8, 4) is 0 Å². The smallest absolute Gasteiger partial charge is 0.323 e. The number of rotatable bonds is 4. The molecule has 2 atom stereocenters. The predicted octanol–water partition coefficient (Wildman–Crippen LogP) is 1.01. The van der Waals surface area contributed by atoms with Gasteiger partial charge in [0.25, 0.3) is 0 Å². The molecule has 1 aliphatic rings. The lowest BCUT2D eigenvalue weighted by Crippen LogP contribution is -2.36. The minimum Gasteiger partial charge on any atom is -0.480 e. The highest BCUT2D eigenvalue weighted by Gasteiger charge is 2.27. The number of aliphatic carboxylic acids is 1. The van der Waals surface area contributed by atoms with Gasteiger partial charge in [-0.1, -0.05) is 24.3 Å². The van der Waals surface area contributed by atoms with E-state index in [1.165, 1.54) is 12.8 Å². The zero-order valence-electron chi connectivity index (χ0n) is 8.84. The van der Waals surface area contributed by atoms with Crippen molar-refractivity contribution < 1.29 is 15.0 Å². The van der Waals surface area contributed by atoms with Crippen molar-refractivity contribution in [3.05, 3.63) is 35.4 Å². The van der Waals surface area contributed by atoms with Gasteiger partial charge in [-0.25, -0.2) is 0 Å². The molecule has 86 valence electrons. The summed E-state index contributed by atoms with van der Waals surface area (Å²) in [5, 5.41) is 18.5. The third-order valence-electron chi connectivity index (χ3n) is 2.93. The number of carbonyl (C=O) groups is 1. The van der Waals surface area contributed by atoms with Crippen molar-refractivity contribution >= 4 is 5.97 Å².